The monoisotopic (exact) mass is 529 g/mol. The van der Waals surface area contributed by atoms with Crippen molar-refractivity contribution < 1.29 is 22.8 Å². The second-order valence-electron chi connectivity index (χ2n) is 9.90. The summed E-state index contributed by atoms with van der Waals surface area (Å²) in [5, 5.41) is 11.1. The van der Waals surface area contributed by atoms with Crippen LogP contribution in [0, 0.1) is 12.8 Å². The second-order valence-corrected chi connectivity index (χ2v) is 10.8. The molecule has 7 nitrogen and oxygen atoms in total. The molecule has 3 aliphatic rings. The first kappa shape index (κ1) is 24.1. The number of halogens is 3. The first-order chi connectivity index (χ1) is 17.8. The Bertz CT molecular complexity index is 1360. The van der Waals surface area contributed by atoms with Gasteiger partial charge in [0, 0.05) is 30.1 Å². The molecule has 0 bridgehead atoms. The van der Waals surface area contributed by atoms with E-state index >= 15 is 0 Å². The van der Waals surface area contributed by atoms with Crippen LogP contribution >= 0.6 is 11.3 Å². The average molecular weight is 530 g/mol. The Labute approximate surface area is 215 Å². The Balaban J connectivity index is 1.07. The van der Waals surface area contributed by atoms with Gasteiger partial charge in [0.15, 0.2) is 11.8 Å². The molecule has 1 fully saturated rings. The highest BCUT2D eigenvalue weighted by Gasteiger charge is 2.41. The van der Waals surface area contributed by atoms with E-state index < -0.39 is 11.9 Å². The molecule has 2 aliphatic heterocycles. The molecule has 3 aromatic rings. The van der Waals surface area contributed by atoms with Crippen LogP contribution < -0.4 is 0 Å². The Morgan fingerprint density at radius 1 is 1.19 bits per heavy atom. The van der Waals surface area contributed by atoms with Crippen molar-refractivity contribution in [3.8, 4) is 0 Å². The molecule has 1 amide bonds. The Morgan fingerprint density at radius 3 is 2.73 bits per heavy atom. The Kier molecular flexibility index (Phi) is 6.05. The number of oxime groups is 1. The predicted molar refractivity (Wildman–Crippen MR) is 131 cm³/mol. The van der Waals surface area contributed by atoms with Crippen LogP contribution in [0.15, 0.2) is 40.9 Å². The summed E-state index contributed by atoms with van der Waals surface area (Å²) >= 11 is 1.62. The molecular formula is C26H26F3N5O2S. The van der Waals surface area contributed by atoms with Crippen LogP contribution in [0.5, 0.6) is 0 Å². The third-order valence-corrected chi connectivity index (χ3v) is 8.61. The highest BCUT2D eigenvalue weighted by atomic mass is 32.1. The van der Waals surface area contributed by atoms with Crippen LogP contribution in [-0.4, -0.2) is 44.4 Å². The molecule has 2 aromatic heterocycles. The maximum absolute atomic E-state index is 12.9. The number of alkyl halides is 3. The van der Waals surface area contributed by atoms with Crippen LogP contribution in [0.4, 0.5) is 13.2 Å². The number of fused-ring (bicyclic) bond motifs is 3. The molecule has 6 rings (SSSR count). The number of carbonyl (C=O) groups excluding carboxylic acids is 1. The van der Waals surface area contributed by atoms with E-state index in [2.05, 4.69) is 33.8 Å². The van der Waals surface area contributed by atoms with E-state index in [0.29, 0.717) is 18.8 Å². The molecule has 1 aliphatic carbocycles. The van der Waals surface area contributed by atoms with Gasteiger partial charge < -0.3 is 9.74 Å². The number of nitrogens with zero attached hydrogens (tertiary/aromatic N) is 5. The highest BCUT2D eigenvalue weighted by molar-refractivity contribution is 7.10. The van der Waals surface area contributed by atoms with E-state index in [9.17, 15) is 18.0 Å². The summed E-state index contributed by atoms with van der Waals surface area (Å²) in [6, 6.07) is 9.34. The van der Waals surface area contributed by atoms with Crippen molar-refractivity contribution in [2.45, 2.75) is 57.3 Å². The molecule has 2 atom stereocenters. The summed E-state index contributed by atoms with van der Waals surface area (Å²) in [6.07, 6.45) is -1.08. The van der Waals surface area contributed by atoms with Crippen molar-refractivity contribution in [1.29, 1.82) is 0 Å². The van der Waals surface area contributed by atoms with Crippen molar-refractivity contribution in [2.24, 2.45) is 11.1 Å². The minimum absolute atomic E-state index is 0.0509. The lowest BCUT2D eigenvalue weighted by Gasteiger charge is -2.31. The fourth-order valence-electron chi connectivity index (χ4n) is 5.55. The number of benzene rings is 1. The minimum atomic E-state index is -4.53. The first-order valence-electron chi connectivity index (χ1n) is 12.4. The number of aryl methyl sites for hydroxylation is 2. The maximum atomic E-state index is 12.9. The quantitative estimate of drug-likeness (QED) is 0.471. The number of piperidine rings is 1. The van der Waals surface area contributed by atoms with Gasteiger partial charge in [-0.25, -0.2) is 4.98 Å². The first-order valence-corrected chi connectivity index (χ1v) is 13.3. The summed E-state index contributed by atoms with van der Waals surface area (Å²) in [7, 11) is 0. The largest absolute Gasteiger partial charge is 0.435 e. The van der Waals surface area contributed by atoms with E-state index in [1.54, 1.807) is 16.2 Å². The number of hydrogen-bond donors (Lipinski definition) is 0. The van der Waals surface area contributed by atoms with Crippen molar-refractivity contribution in [3.05, 3.63) is 68.9 Å². The summed E-state index contributed by atoms with van der Waals surface area (Å²) in [6.45, 7) is 2.40. The molecule has 194 valence electrons. The molecule has 0 radical (unpaired) electrons. The average Bonchev–Trinajstić information content (AvgIpc) is 3.62. The highest BCUT2D eigenvalue weighted by Crippen LogP contribution is 2.43. The molecule has 0 saturated carbocycles. The zero-order chi connectivity index (χ0) is 25.7. The lowest BCUT2D eigenvalue weighted by atomic mass is 9.79. The normalized spacial score (nSPS) is 21.8. The van der Waals surface area contributed by atoms with Crippen LogP contribution in [0.2, 0.25) is 0 Å². The molecule has 0 spiro atoms. The summed E-state index contributed by atoms with van der Waals surface area (Å²) in [5.41, 5.74) is 3.67. The fourth-order valence-corrected chi connectivity index (χ4v) is 6.54. The number of thiazole rings is 1. The topological polar surface area (TPSA) is 72.6 Å². The van der Waals surface area contributed by atoms with Gasteiger partial charge in [-0.2, -0.15) is 18.3 Å². The van der Waals surface area contributed by atoms with E-state index in [1.807, 2.05) is 6.07 Å². The minimum Gasteiger partial charge on any atom is -0.387 e. The van der Waals surface area contributed by atoms with Gasteiger partial charge in [-0.05, 0) is 49.8 Å². The molecular weight excluding hydrogens is 503 g/mol. The van der Waals surface area contributed by atoms with Crippen LogP contribution in [0.25, 0.3) is 0 Å². The third kappa shape index (κ3) is 4.54. The molecule has 37 heavy (non-hydrogen) atoms. The number of aromatic nitrogens is 3. The van der Waals surface area contributed by atoms with Crippen LogP contribution in [-0.2, 0) is 28.8 Å². The zero-order valence-corrected chi connectivity index (χ0v) is 21.1. The fraction of sp³-hybridized carbons (Fsp3) is 0.462. The number of amides is 1. The van der Waals surface area contributed by atoms with Crippen molar-refractivity contribution in [1.82, 2.24) is 19.7 Å². The third-order valence-electron chi connectivity index (χ3n) is 7.61. The van der Waals surface area contributed by atoms with Gasteiger partial charge in [0.25, 0.3) is 0 Å². The van der Waals surface area contributed by atoms with Crippen LogP contribution in [0.3, 0.4) is 0 Å². The number of rotatable bonds is 4. The number of hydrogen-bond acceptors (Lipinski definition) is 6. The zero-order valence-electron chi connectivity index (χ0n) is 20.2. The lowest BCUT2D eigenvalue weighted by molar-refractivity contribution is -0.142. The number of likely N-dealkylation sites (tertiary alicyclic amines) is 1. The Morgan fingerprint density at radius 2 is 1.97 bits per heavy atom. The van der Waals surface area contributed by atoms with Crippen LogP contribution in [0.1, 0.15) is 64.5 Å². The molecule has 0 N–H and O–H groups in total. The van der Waals surface area contributed by atoms with Crippen molar-refractivity contribution in [2.75, 3.05) is 13.1 Å². The van der Waals surface area contributed by atoms with E-state index in [0.717, 1.165) is 52.8 Å². The lowest BCUT2D eigenvalue weighted by Crippen LogP contribution is -2.40. The Hall–Kier alpha value is -3.21. The number of carbonyl (C=O) groups is 1. The van der Waals surface area contributed by atoms with Gasteiger partial charge in [0.05, 0.1) is 16.6 Å². The van der Waals surface area contributed by atoms with Gasteiger partial charge in [-0.1, -0.05) is 29.4 Å². The standard InChI is InChI=1S/C26H26F3N5O2S/c1-15-12-21(26(27,28)29)31-34(15)13-22(35)33-10-8-17(9-11-33)25-30-20(14-37-25)23-19-7-6-16-4-2-3-5-18(16)24(19)36-32-23/h2-5,12,14,17,19,24H,6-11,13H2,1H3/t19-,24-/m0/s1. The van der Waals surface area contributed by atoms with Crippen molar-refractivity contribution in [3.63, 3.8) is 0 Å². The van der Waals surface area contributed by atoms with E-state index in [1.165, 1.54) is 18.1 Å². The molecule has 1 saturated heterocycles. The smallest absolute Gasteiger partial charge is 0.387 e. The van der Waals surface area contributed by atoms with Gasteiger partial charge >= 0.3 is 6.18 Å². The molecule has 0 unspecified atom stereocenters. The SMILES string of the molecule is Cc1cc(C(F)(F)F)nn1CC(=O)N1CCC(c2nc(C3=NO[C@H]4c5ccccc5CC[C@@H]34)cs2)CC1. The van der Waals surface area contributed by atoms with Gasteiger partial charge in [-0.15, -0.1) is 11.3 Å². The van der Waals surface area contributed by atoms with Gasteiger partial charge in [0.1, 0.15) is 12.3 Å². The summed E-state index contributed by atoms with van der Waals surface area (Å²) < 4.78 is 39.9. The summed E-state index contributed by atoms with van der Waals surface area (Å²) in [5.74, 6) is 0.212. The molecule has 1 aromatic carbocycles. The second kappa shape index (κ2) is 9.27. The van der Waals surface area contributed by atoms with Gasteiger partial charge in [0.2, 0.25) is 5.91 Å². The molecule has 11 heteroatoms. The molecule has 4 heterocycles. The van der Waals surface area contributed by atoms with E-state index in [4.69, 9.17) is 9.82 Å². The predicted octanol–water partition coefficient (Wildman–Crippen LogP) is 5.11. The van der Waals surface area contributed by atoms with E-state index in [-0.39, 0.29) is 30.4 Å². The maximum Gasteiger partial charge on any atom is 0.435 e. The summed E-state index contributed by atoms with van der Waals surface area (Å²) in [4.78, 5) is 25.3. The van der Waals surface area contributed by atoms with Crippen molar-refractivity contribution >= 4 is 23.0 Å². The van der Waals surface area contributed by atoms with Gasteiger partial charge in [-0.3, -0.25) is 9.48 Å².